The van der Waals surface area contributed by atoms with Gasteiger partial charge in [-0.05, 0) is 41.5 Å². The van der Waals surface area contributed by atoms with Crippen LogP contribution in [-0.4, -0.2) is 11.2 Å². The minimum absolute atomic E-state index is 0.289. The van der Waals surface area contributed by atoms with Crippen LogP contribution in [-0.2, 0) is 6.54 Å². The van der Waals surface area contributed by atoms with Gasteiger partial charge in [0.05, 0.1) is 22.5 Å². The summed E-state index contributed by atoms with van der Waals surface area (Å²) >= 11 is 6.20. The fourth-order valence-electron chi connectivity index (χ4n) is 3.11. The van der Waals surface area contributed by atoms with Crippen molar-refractivity contribution in [3.05, 3.63) is 86.7 Å². The number of fused-ring (bicyclic) bond motifs is 2. The Labute approximate surface area is 159 Å². The molecular weight excluding hydrogens is 366 g/mol. The first-order valence-corrected chi connectivity index (χ1v) is 8.95. The molecule has 0 fully saturated rings. The summed E-state index contributed by atoms with van der Waals surface area (Å²) in [6.45, 7) is 0.742. The van der Waals surface area contributed by atoms with Gasteiger partial charge in [0.1, 0.15) is 5.75 Å². The van der Waals surface area contributed by atoms with Crippen molar-refractivity contribution in [1.82, 2.24) is 4.57 Å². The Morgan fingerprint density at radius 2 is 1.78 bits per heavy atom. The lowest BCUT2D eigenvalue weighted by Gasteiger charge is -2.11. The molecule has 5 nitrogen and oxygen atoms in total. The Morgan fingerprint density at radius 1 is 0.963 bits per heavy atom. The summed E-state index contributed by atoms with van der Waals surface area (Å²) in [6.07, 6.45) is 0.556. The molecule has 0 unspecified atom stereocenters. The molecule has 4 aromatic rings. The molecule has 1 aromatic heterocycles. The van der Waals surface area contributed by atoms with Crippen molar-refractivity contribution >= 4 is 33.3 Å². The highest BCUT2D eigenvalue weighted by Gasteiger charge is 2.12. The van der Waals surface area contributed by atoms with Crippen molar-refractivity contribution in [1.29, 1.82) is 0 Å². The Morgan fingerprint density at radius 3 is 2.63 bits per heavy atom. The SMILES string of the molecule is O=c1oc(=O)n(CCCOc2ccc3ccccc3c2)c2c(Cl)cccc12. The van der Waals surface area contributed by atoms with Crippen molar-refractivity contribution < 1.29 is 9.15 Å². The first-order valence-electron chi connectivity index (χ1n) is 8.57. The van der Waals surface area contributed by atoms with Gasteiger partial charge in [-0.1, -0.05) is 48.0 Å². The molecule has 0 spiro atoms. The highest BCUT2D eigenvalue weighted by molar-refractivity contribution is 6.35. The first kappa shape index (κ1) is 17.4. The van der Waals surface area contributed by atoms with Gasteiger partial charge < -0.3 is 9.15 Å². The van der Waals surface area contributed by atoms with Gasteiger partial charge in [-0.15, -0.1) is 0 Å². The van der Waals surface area contributed by atoms with Crippen LogP contribution in [0.15, 0.2) is 74.7 Å². The summed E-state index contributed by atoms with van der Waals surface area (Å²) in [5.41, 5.74) is -0.285. The summed E-state index contributed by atoms with van der Waals surface area (Å²) in [5.74, 6) is 0.0508. The van der Waals surface area contributed by atoms with Crippen LogP contribution in [0.5, 0.6) is 5.75 Å². The van der Waals surface area contributed by atoms with E-state index in [0.717, 1.165) is 16.5 Å². The van der Waals surface area contributed by atoms with Crippen LogP contribution in [0.4, 0.5) is 0 Å². The number of hydrogen-bond donors (Lipinski definition) is 0. The van der Waals surface area contributed by atoms with E-state index in [2.05, 4.69) is 0 Å². The lowest BCUT2D eigenvalue weighted by atomic mass is 10.1. The number of aryl methyl sites for hydroxylation is 1. The molecule has 27 heavy (non-hydrogen) atoms. The number of nitrogens with zero attached hydrogens (tertiary/aromatic N) is 1. The molecule has 4 rings (SSSR count). The van der Waals surface area contributed by atoms with Gasteiger partial charge in [0.15, 0.2) is 0 Å². The maximum Gasteiger partial charge on any atom is 0.422 e. The number of aromatic nitrogens is 1. The van der Waals surface area contributed by atoms with Crippen LogP contribution < -0.4 is 16.1 Å². The summed E-state index contributed by atoms with van der Waals surface area (Å²) in [7, 11) is 0. The summed E-state index contributed by atoms with van der Waals surface area (Å²) in [5, 5.41) is 2.89. The second kappa shape index (κ2) is 7.29. The topological polar surface area (TPSA) is 61.4 Å². The van der Waals surface area contributed by atoms with Crippen molar-refractivity contribution in [3.63, 3.8) is 0 Å². The van der Waals surface area contributed by atoms with Crippen LogP contribution in [0.25, 0.3) is 21.7 Å². The molecule has 1 heterocycles. The number of benzene rings is 3. The van der Waals surface area contributed by atoms with E-state index in [-0.39, 0.29) is 5.39 Å². The number of ether oxygens (including phenoxy) is 1. The maximum atomic E-state index is 12.1. The third-order valence-corrected chi connectivity index (χ3v) is 4.70. The molecule has 0 radical (unpaired) electrons. The molecule has 0 amide bonds. The van der Waals surface area contributed by atoms with E-state index >= 15 is 0 Å². The van der Waals surface area contributed by atoms with E-state index in [9.17, 15) is 9.59 Å². The van der Waals surface area contributed by atoms with Gasteiger partial charge in [0.25, 0.3) is 0 Å². The predicted molar refractivity (Wildman–Crippen MR) is 106 cm³/mol. The summed E-state index contributed by atoms with van der Waals surface area (Å²) < 4.78 is 12.0. The van der Waals surface area contributed by atoms with Crippen molar-refractivity contribution in [3.8, 4) is 5.75 Å². The van der Waals surface area contributed by atoms with E-state index in [1.807, 2.05) is 42.5 Å². The van der Waals surface area contributed by atoms with Crippen LogP contribution >= 0.6 is 11.6 Å². The van der Waals surface area contributed by atoms with Gasteiger partial charge in [-0.2, -0.15) is 0 Å². The van der Waals surface area contributed by atoms with E-state index < -0.39 is 11.4 Å². The minimum Gasteiger partial charge on any atom is -0.494 e. The van der Waals surface area contributed by atoms with Crippen LogP contribution in [0.3, 0.4) is 0 Å². The molecule has 0 saturated heterocycles. The van der Waals surface area contributed by atoms with E-state index in [1.54, 1.807) is 18.2 Å². The van der Waals surface area contributed by atoms with E-state index in [4.69, 9.17) is 20.8 Å². The van der Waals surface area contributed by atoms with Gasteiger partial charge in [0.2, 0.25) is 0 Å². The summed E-state index contributed by atoms with van der Waals surface area (Å²) in [4.78, 5) is 24.0. The number of halogens is 1. The van der Waals surface area contributed by atoms with Gasteiger partial charge in [-0.3, -0.25) is 4.57 Å². The normalized spacial score (nSPS) is 11.1. The van der Waals surface area contributed by atoms with Crippen LogP contribution in [0.2, 0.25) is 5.02 Å². The van der Waals surface area contributed by atoms with Crippen molar-refractivity contribution in [2.45, 2.75) is 13.0 Å². The largest absolute Gasteiger partial charge is 0.494 e. The van der Waals surface area contributed by atoms with E-state index in [1.165, 1.54) is 4.57 Å². The third-order valence-electron chi connectivity index (χ3n) is 4.39. The average Bonchev–Trinajstić information content (AvgIpc) is 2.67. The number of hydrogen-bond acceptors (Lipinski definition) is 4. The number of para-hydroxylation sites is 1. The zero-order chi connectivity index (χ0) is 18.8. The van der Waals surface area contributed by atoms with Gasteiger partial charge >= 0.3 is 11.4 Å². The highest BCUT2D eigenvalue weighted by Crippen LogP contribution is 2.22. The second-order valence-corrected chi connectivity index (χ2v) is 6.56. The monoisotopic (exact) mass is 381 g/mol. The molecule has 3 aromatic carbocycles. The second-order valence-electron chi connectivity index (χ2n) is 6.15. The quantitative estimate of drug-likeness (QED) is 0.485. The third kappa shape index (κ3) is 3.46. The standard InChI is InChI=1S/C21H16ClNO4/c22-18-8-3-7-17-19(18)23(21(25)27-20(17)24)11-4-12-26-16-10-9-14-5-1-2-6-15(14)13-16/h1-3,5-10,13H,4,11-12H2. The Hall–Kier alpha value is -3.05. The molecule has 0 bridgehead atoms. The van der Waals surface area contributed by atoms with Crippen LogP contribution in [0.1, 0.15) is 6.42 Å². The average molecular weight is 382 g/mol. The maximum absolute atomic E-state index is 12.1. The molecule has 6 heteroatoms. The molecule has 0 saturated carbocycles. The minimum atomic E-state index is -0.716. The molecule has 136 valence electrons. The fraction of sp³-hybridized carbons (Fsp3) is 0.143. The predicted octanol–water partition coefficient (Wildman–Crippen LogP) is 4.23. The fourth-order valence-corrected chi connectivity index (χ4v) is 3.38. The molecule has 0 aliphatic rings. The zero-order valence-electron chi connectivity index (χ0n) is 14.4. The Bertz CT molecular complexity index is 1240. The smallest absolute Gasteiger partial charge is 0.422 e. The molecule has 0 aliphatic heterocycles. The highest BCUT2D eigenvalue weighted by atomic mass is 35.5. The van der Waals surface area contributed by atoms with E-state index in [0.29, 0.717) is 30.1 Å². The first-order chi connectivity index (χ1) is 13.1. The van der Waals surface area contributed by atoms with Crippen molar-refractivity contribution in [2.24, 2.45) is 0 Å². The molecule has 0 atom stereocenters. The molecule has 0 aliphatic carbocycles. The Kier molecular flexibility index (Phi) is 4.69. The number of rotatable bonds is 5. The van der Waals surface area contributed by atoms with Gasteiger partial charge in [0, 0.05) is 6.54 Å². The van der Waals surface area contributed by atoms with Crippen molar-refractivity contribution in [2.75, 3.05) is 6.61 Å². The molecule has 0 N–H and O–H groups in total. The zero-order valence-corrected chi connectivity index (χ0v) is 15.1. The van der Waals surface area contributed by atoms with Crippen LogP contribution in [0, 0.1) is 0 Å². The summed E-state index contributed by atoms with van der Waals surface area (Å²) in [6, 6.07) is 18.8. The Balaban J connectivity index is 1.50. The lowest BCUT2D eigenvalue weighted by Crippen LogP contribution is -2.26. The van der Waals surface area contributed by atoms with Gasteiger partial charge in [-0.25, -0.2) is 9.59 Å². The molecular formula is C21H16ClNO4. The lowest BCUT2D eigenvalue weighted by molar-refractivity contribution is 0.297.